The summed E-state index contributed by atoms with van der Waals surface area (Å²) in [6, 6.07) is 9.45. The molecule has 0 saturated carbocycles. The van der Waals surface area contributed by atoms with E-state index in [2.05, 4.69) is 21.2 Å². The van der Waals surface area contributed by atoms with Gasteiger partial charge >= 0.3 is 0 Å². The molecule has 4 heteroatoms. The summed E-state index contributed by atoms with van der Waals surface area (Å²) >= 11 is 9.14. The van der Waals surface area contributed by atoms with Gasteiger partial charge in [0.05, 0.1) is 5.02 Å². The Hall–Kier alpha value is -1.06. The first-order valence-electron chi connectivity index (χ1n) is 5.67. The van der Waals surface area contributed by atoms with Crippen LogP contribution < -0.4 is 5.32 Å². The average molecular weight is 327 g/mol. The molecule has 0 fully saturated rings. The third kappa shape index (κ3) is 1.91. The number of rotatable bonds is 1. The summed E-state index contributed by atoms with van der Waals surface area (Å²) in [7, 11) is 0. The molecule has 0 aromatic heterocycles. The van der Waals surface area contributed by atoms with Crippen LogP contribution in [-0.4, -0.2) is 6.54 Å². The number of fused-ring (bicyclic) bond motifs is 1. The molecule has 1 aliphatic rings. The van der Waals surface area contributed by atoms with E-state index in [-0.39, 0.29) is 10.8 Å². The van der Waals surface area contributed by atoms with Gasteiger partial charge in [0, 0.05) is 22.3 Å². The molecule has 1 N–H and O–H groups in total. The van der Waals surface area contributed by atoms with Crippen molar-refractivity contribution >= 4 is 33.2 Å². The van der Waals surface area contributed by atoms with E-state index < -0.39 is 0 Å². The highest BCUT2D eigenvalue weighted by molar-refractivity contribution is 9.10. The van der Waals surface area contributed by atoms with Gasteiger partial charge in [0.2, 0.25) is 0 Å². The predicted octanol–water partition coefficient (Wildman–Crippen LogP) is 4.88. The molecule has 1 nitrogen and oxygen atoms in total. The second kappa shape index (κ2) is 4.56. The largest absolute Gasteiger partial charge is 0.384 e. The lowest BCUT2D eigenvalue weighted by molar-refractivity contribution is 0.631. The lowest BCUT2D eigenvalue weighted by Crippen LogP contribution is -1.90. The summed E-state index contributed by atoms with van der Waals surface area (Å²) in [6.45, 7) is 0.947. The molecule has 92 valence electrons. The zero-order chi connectivity index (χ0) is 12.7. The molecular weight excluding hydrogens is 317 g/mol. The summed E-state index contributed by atoms with van der Waals surface area (Å²) in [6.07, 6.45) is 0.981. The Kier molecular flexibility index (Phi) is 3.04. The molecule has 0 saturated heterocycles. The van der Waals surface area contributed by atoms with Gasteiger partial charge in [-0.1, -0.05) is 23.7 Å². The van der Waals surface area contributed by atoms with Crippen LogP contribution in [0.5, 0.6) is 0 Å². The second-order valence-electron chi connectivity index (χ2n) is 4.27. The Bertz CT molecular complexity index is 627. The van der Waals surface area contributed by atoms with Crippen molar-refractivity contribution in [1.29, 1.82) is 0 Å². The number of benzene rings is 2. The summed E-state index contributed by atoms with van der Waals surface area (Å²) < 4.78 is 14.7. The van der Waals surface area contributed by atoms with Gasteiger partial charge in [0.1, 0.15) is 0 Å². The Balaban J connectivity index is 2.13. The summed E-state index contributed by atoms with van der Waals surface area (Å²) in [5.74, 6) is -0.378. The van der Waals surface area contributed by atoms with Crippen LogP contribution in [0.4, 0.5) is 10.1 Å². The molecule has 0 atom stereocenters. The minimum Gasteiger partial charge on any atom is -0.384 e. The maximum Gasteiger partial charge on any atom is 0.150 e. The third-order valence-corrected chi connectivity index (χ3v) is 4.42. The smallest absolute Gasteiger partial charge is 0.150 e. The van der Waals surface area contributed by atoms with Crippen LogP contribution in [0.15, 0.2) is 34.8 Å². The van der Waals surface area contributed by atoms with E-state index in [1.807, 2.05) is 18.2 Å². The molecule has 0 unspecified atom stereocenters. The van der Waals surface area contributed by atoms with E-state index in [1.54, 1.807) is 12.1 Å². The molecule has 1 heterocycles. The van der Waals surface area contributed by atoms with Gasteiger partial charge < -0.3 is 5.32 Å². The fourth-order valence-electron chi connectivity index (χ4n) is 2.22. The zero-order valence-electron chi connectivity index (χ0n) is 9.43. The molecule has 18 heavy (non-hydrogen) atoms. The lowest BCUT2D eigenvalue weighted by Gasteiger charge is -2.08. The van der Waals surface area contributed by atoms with Crippen LogP contribution in [-0.2, 0) is 6.42 Å². The first-order valence-corrected chi connectivity index (χ1v) is 6.84. The van der Waals surface area contributed by atoms with Crippen molar-refractivity contribution in [2.45, 2.75) is 6.42 Å². The molecule has 0 amide bonds. The van der Waals surface area contributed by atoms with E-state index in [4.69, 9.17) is 11.6 Å². The molecule has 0 aliphatic carbocycles. The highest BCUT2D eigenvalue weighted by Crippen LogP contribution is 2.35. The minimum absolute atomic E-state index is 0.131. The standard InChI is InChI=1S/C14H10BrClFN/c15-11-3-2-10(14(17)13(11)16)8-1-4-12-9(7-8)5-6-18-12/h1-4,7,18H,5-6H2. The fraction of sp³-hybridized carbons (Fsp3) is 0.143. The van der Waals surface area contributed by atoms with Crippen molar-refractivity contribution in [1.82, 2.24) is 0 Å². The van der Waals surface area contributed by atoms with E-state index in [0.717, 1.165) is 24.2 Å². The third-order valence-electron chi connectivity index (χ3n) is 3.16. The Morgan fingerprint density at radius 2 is 2.06 bits per heavy atom. The van der Waals surface area contributed by atoms with Gasteiger partial charge in [0.25, 0.3) is 0 Å². The maximum absolute atomic E-state index is 14.1. The van der Waals surface area contributed by atoms with Crippen LogP contribution in [0.1, 0.15) is 5.56 Å². The highest BCUT2D eigenvalue weighted by Gasteiger charge is 2.15. The van der Waals surface area contributed by atoms with Gasteiger partial charge in [-0.2, -0.15) is 0 Å². The number of hydrogen-bond donors (Lipinski definition) is 1. The monoisotopic (exact) mass is 325 g/mol. The number of nitrogens with one attached hydrogen (secondary N) is 1. The van der Waals surface area contributed by atoms with E-state index in [1.165, 1.54) is 5.56 Å². The normalized spacial score (nSPS) is 13.3. The highest BCUT2D eigenvalue weighted by atomic mass is 79.9. The van der Waals surface area contributed by atoms with Crippen LogP contribution >= 0.6 is 27.5 Å². The summed E-state index contributed by atoms with van der Waals surface area (Å²) in [4.78, 5) is 0. The first kappa shape index (κ1) is 12.0. The summed E-state index contributed by atoms with van der Waals surface area (Å²) in [5, 5.41) is 3.42. The van der Waals surface area contributed by atoms with Gasteiger partial charge in [-0.05, 0) is 51.7 Å². The number of hydrogen-bond acceptors (Lipinski definition) is 1. The Labute approximate surface area is 118 Å². The van der Waals surface area contributed by atoms with E-state index >= 15 is 0 Å². The topological polar surface area (TPSA) is 12.0 Å². The maximum atomic E-state index is 14.1. The molecule has 0 bridgehead atoms. The lowest BCUT2D eigenvalue weighted by atomic mass is 10.0. The minimum atomic E-state index is -0.378. The fourth-order valence-corrected chi connectivity index (χ4v) is 2.69. The van der Waals surface area contributed by atoms with E-state index in [0.29, 0.717) is 10.0 Å². The van der Waals surface area contributed by atoms with Crippen molar-refractivity contribution in [3.63, 3.8) is 0 Å². The van der Waals surface area contributed by atoms with Crippen LogP contribution in [0.25, 0.3) is 11.1 Å². The van der Waals surface area contributed by atoms with Crippen LogP contribution in [0.2, 0.25) is 5.02 Å². The van der Waals surface area contributed by atoms with E-state index in [9.17, 15) is 4.39 Å². The van der Waals surface area contributed by atoms with Crippen molar-refractivity contribution in [3.8, 4) is 11.1 Å². The Morgan fingerprint density at radius 1 is 1.22 bits per heavy atom. The van der Waals surface area contributed by atoms with Crippen molar-refractivity contribution in [2.24, 2.45) is 0 Å². The molecule has 3 rings (SSSR count). The second-order valence-corrected chi connectivity index (χ2v) is 5.50. The molecule has 0 spiro atoms. The SMILES string of the molecule is Fc1c(-c2ccc3c(c2)CCN3)ccc(Br)c1Cl. The number of anilines is 1. The van der Waals surface area contributed by atoms with Crippen molar-refractivity contribution in [2.75, 3.05) is 11.9 Å². The predicted molar refractivity (Wildman–Crippen MR) is 76.7 cm³/mol. The summed E-state index contributed by atoms with van der Waals surface area (Å²) in [5.41, 5.74) is 3.77. The average Bonchev–Trinajstić information content (AvgIpc) is 2.83. The van der Waals surface area contributed by atoms with Gasteiger partial charge in [-0.3, -0.25) is 0 Å². The molecule has 0 radical (unpaired) electrons. The van der Waals surface area contributed by atoms with Crippen molar-refractivity contribution < 1.29 is 4.39 Å². The van der Waals surface area contributed by atoms with Crippen LogP contribution in [0.3, 0.4) is 0 Å². The van der Waals surface area contributed by atoms with Gasteiger partial charge in [0.15, 0.2) is 5.82 Å². The first-order chi connectivity index (χ1) is 8.66. The number of halogens is 3. The molecule has 1 aliphatic heterocycles. The zero-order valence-corrected chi connectivity index (χ0v) is 11.8. The Morgan fingerprint density at radius 3 is 2.89 bits per heavy atom. The quantitative estimate of drug-likeness (QED) is 0.737. The van der Waals surface area contributed by atoms with Crippen molar-refractivity contribution in [3.05, 3.63) is 51.2 Å². The van der Waals surface area contributed by atoms with Gasteiger partial charge in [-0.25, -0.2) is 4.39 Å². The van der Waals surface area contributed by atoms with Gasteiger partial charge in [-0.15, -0.1) is 0 Å². The molecule has 2 aromatic rings. The van der Waals surface area contributed by atoms with Crippen LogP contribution in [0, 0.1) is 5.82 Å². The molecular formula is C14H10BrClFN. The molecule has 2 aromatic carbocycles.